The molecule has 0 saturated heterocycles. The summed E-state index contributed by atoms with van der Waals surface area (Å²) in [7, 11) is 0. The van der Waals surface area contributed by atoms with Gasteiger partial charge in [-0.2, -0.15) is 0 Å². The normalized spacial score (nSPS) is 12.4. The van der Waals surface area contributed by atoms with Crippen molar-refractivity contribution < 1.29 is 9.53 Å². The van der Waals surface area contributed by atoms with Crippen LogP contribution in [-0.2, 0) is 16.0 Å². The molecule has 0 aromatic carbocycles. The Bertz CT molecular complexity index is 312. The van der Waals surface area contributed by atoms with Gasteiger partial charge in [0.2, 0.25) is 0 Å². The van der Waals surface area contributed by atoms with E-state index in [4.69, 9.17) is 10.5 Å². The minimum atomic E-state index is -0.610. The van der Waals surface area contributed by atoms with Gasteiger partial charge in [0.1, 0.15) is 6.04 Å². The molecule has 0 amide bonds. The van der Waals surface area contributed by atoms with Crippen molar-refractivity contribution in [2.45, 2.75) is 45.1 Å². The summed E-state index contributed by atoms with van der Waals surface area (Å²) in [4.78, 5) is 18.3. The predicted molar refractivity (Wildman–Crippen MR) is 65.4 cm³/mol. The Labute approximate surface area is 102 Å². The Hall–Kier alpha value is -1.36. The summed E-state index contributed by atoms with van der Waals surface area (Å²) in [5.74, 6) is -0.337. The summed E-state index contributed by atoms with van der Waals surface area (Å²) >= 11 is 0. The Kier molecular flexibility index (Phi) is 6.32. The number of hydrogen-bond donors (Lipinski definition) is 2. The molecule has 1 heterocycles. The number of aromatic amines is 1. The lowest BCUT2D eigenvalue weighted by Gasteiger charge is -2.10. The van der Waals surface area contributed by atoms with Crippen LogP contribution in [0.3, 0.4) is 0 Å². The van der Waals surface area contributed by atoms with Gasteiger partial charge < -0.3 is 15.5 Å². The molecule has 0 aliphatic rings. The highest BCUT2D eigenvalue weighted by molar-refractivity contribution is 5.75. The quantitative estimate of drug-likeness (QED) is 0.531. The van der Waals surface area contributed by atoms with Gasteiger partial charge in [-0.1, -0.05) is 26.2 Å². The summed E-state index contributed by atoms with van der Waals surface area (Å²) in [5, 5.41) is 0. The predicted octanol–water partition coefficient (Wildman–Crippen LogP) is 1.40. The molecular formula is C12H21N3O2. The van der Waals surface area contributed by atoms with Crippen molar-refractivity contribution >= 4 is 5.97 Å². The van der Waals surface area contributed by atoms with E-state index < -0.39 is 6.04 Å². The largest absolute Gasteiger partial charge is 0.465 e. The van der Waals surface area contributed by atoms with Crippen molar-refractivity contribution in [3.8, 4) is 0 Å². The highest BCUT2D eigenvalue weighted by Crippen LogP contribution is 2.01. The maximum atomic E-state index is 11.5. The molecule has 0 bridgehead atoms. The fourth-order valence-electron chi connectivity index (χ4n) is 1.53. The van der Waals surface area contributed by atoms with Crippen LogP contribution in [-0.4, -0.2) is 28.6 Å². The molecule has 0 radical (unpaired) electrons. The van der Waals surface area contributed by atoms with Gasteiger partial charge in [-0.3, -0.25) is 4.79 Å². The number of hydrogen-bond acceptors (Lipinski definition) is 4. The van der Waals surface area contributed by atoms with Crippen LogP contribution in [0.15, 0.2) is 12.5 Å². The van der Waals surface area contributed by atoms with Crippen molar-refractivity contribution in [1.29, 1.82) is 0 Å². The molecule has 17 heavy (non-hydrogen) atoms. The molecule has 1 atom stereocenters. The first-order valence-corrected chi connectivity index (χ1v) is 6.13. The van der Waals surface area contributed by atoms with Crippen molar-refractivity contribution in [2.75, 3.05) is 6.61 Å². The monoisotopic (exact) mass is 239 g/mol. The first-order chi connectivity index (χ1) is 8.24. The lowest BCUT2D eigenvalue weighted by Crippen LogP contribution is -2.34. The maximum absolute atomic E-state index is 11.5. The molecular weight excluding hydrogens is 218 g/mol. The Balaban J connectivity index is 2.14. The Morgan fingerprint density at radius 3 is 3.00 bits per heavy atom. The van der Waals surface area contributed by atoms with E-state index in [1.807, 2.05) is 0 Å². The van der Waals surface area contributed by atoms with Crippen LogP contribution in [0.1, 0.15) is 38.3 Å². The summed E-state index contributed by atoms with van der Waals surface area (Å²) < 4.78 is 5.10. The summed E-state index contributed by atoms with van der Waals surface area (Å²) in [6.45, 7) is 2.61. The number of aromatic nitrogens is 2. The minimum absolute atomic E-state index is 0.337. The first-order valence-electron chi connectivity index (χ1n) is 6.13. The minimum Gasteiger partial charge on any atom is -0.465 e. The molecule has 0 aliphatic heterocycles. The number of nitrogens with one attached hydrogen (secondary N) is 1. The molecule has 5 nitrogen and oxygen atoms in total. The third-order valence-electron chi connectivity index (χ3n) is 2.54. The van der Waals surface area contributed by atoms with E-state index in [2.05, 4.69) is 16.9 Å². The van der Waals surface area contributed by atoms with Gasteiger partial charge >= 0.3 is 5.97 Å². The molecule has 5 heteroatoms. The molecule has 1 rings (SSSR count). The molecule has 3 N–H and O–H groups in total. The van der Waals surface area contributed by atoms with E-state index in [0.717, 1.165) is 18.5 Å². The number of H-pyrrole nitrogens is 1. The number of nitrogens with two attached hydrogens (primary N) is 1. The Morgan fingerprint density at radius 2 is 2.35 bits per heavy atom. The molecule has 96 valence electrons. The van der Waals surface area contributed by atoms with Gasteiger partial charge in [-0.25, -0.2) is 4.98 Å². The van der Waals surface area contributed by atoms with Gasteiger partial charge in [0.25, 0.3) is 0 Å². The zero-order valence-electron chi connectivity index (χ0n) is 10.3. The number of imidazole rings is 1. The number of rotatable bonds is 8. The summed E-state index contributed by atoms with van der Waals surface area (Å²) in [6, 6.07) is -0.610. The van der Waals surface area contributed by atoms with Gasteiger partial charge in [-0.15, -0.1) is 0 Å². The fraction of sp³-hybridized carbons (Fsp3) is 0.667. The number of ether oxygens (including phenoxy) is 1. The van der Waals surface area contributed by atoms with Gasteiger partial charge in [0.15, 0.2) is 0 Å². The fourth-order valence-corrected chi connectivity index (χ4v) is 1.53. The van der Waals surface area contributed by atoms with Crippen LogP contribution in [0.25, 0.3) is 0 Å². The number of carbonyl (C=O) groups excluding carboxylic acids is 1. The molecule has 0 fully saturated rings. The standard InChI is InChI=1S/C12H21N3O2/c1-2-3-4-5-6-17-12(16)11(13)7-10-8-14-9-15-10/h8-9,11H,2-7,13H2,1H3,(H,14,15)/t11-/m1/s1. The smallest absolute Gasteiger partial charge is 0.323 e. The number of unbranched alkanes of at least 4 members (excludes halogenated alkanes) is 3. The second kappa shape index (κ2) is 7.84. The number of esters is 1. The molecule has 0 unspecified atom stereocenters. The van der Waals surface area contributed by atoms with E-state index >= 15 is 0 Å². The Morgan fingerprint density at radius 1 is 1.53 bits per heavy atom. The highest BCUT2D eigenvalue weighted by Gasteiger charge is 2.15. The third-order valence-corrected chi connectivity index (χ3v) is 2.54. The van der Waals surface area contributed by atoms with Crippen molar-refractivity contribution in [1.82, 2.24) is 9.97 Å². The first kappa shape index (κ1) is 13.7. The van der Waals surface area contributed by atoms with E-state index in [0.29, 0.717) is 13.0 Å². The summed E-state index contributed by atoms with van der Waals surface area (Å²) in [6.07, 6.45) is 8.03. The third kappa shape index (κ3) is 5.49. The topological polar surface area (TPSA) is 81.0 Å². The molecule has 0 spiro atoms. The zero-order valence-corrected chi connectivity index (χ0v) is 10.3. The van der Waals surface area contributed by atoms with Gasteiger partial charge in [-0.05, 0) is 6.42 Å². The molecule has 1 aromatic rings. The van der Waals surface area contributed by atoms with E-state index in [1.165, 1.54) is 12.8 Å². The second-order valence-corrected chi connectivity index (χ2v) is 4.12. The van der Waals surface area contributed by atoms with Crippen LogP contribution in [0, 0.1) is 0 Å². The average molecular weight is 239 g/mol. The number of nitrogens with zero attached hydrogens (tertiary/aromatic N) is 1. The lowest BCUT2D eigenvalue weighted by atomic mass is 10.2. The molecule has 0 saturated carbocycles. The average Bonchev–Trinajstić information content (AvgIpc) is 2.81. The number of carbonyl (C=O) groups is 1. The van der Waals surface area contributed by atoms with Crippen molar-refractivity contribution in [3.63, 3.8) is 0 Å². The highest BCUT2D eigenvalue weighted by atomic mass is 16.5. The molecule has 1 aromatic heterocycles. The van der Waals surface area contributed by atoms with Crippen LogP contribution in [0.4, 0.5) is 0 Å². The van der Waals surface area contributed by atoms with Crippen LogP contribution < -0.4 is 5.73 Å². The summed E-state index contributed by atoms with van der Waals surface area (Å²) in [5.41, 5.74) is 6.57. The SMILES string of the molecule is CCCCCCOC(=O)[C@H](N)Cc1cnc[nH]1. The van der Waals surface area contributed by atoms with Crippen LogP contribution in [0.5, 0.6) is 0 Å². The van der Waals surface area contributed by atoms with Crippen LogP contribution in [0.2, 0.25) is 0 Å². The van der Waals surface area contributed by atoms with Crippen molar-refractivity contribution in [2.24, 2.45) is 5.73 Å². The van der Waals surface area contributed by atoms with Gasteiger partial charge in [0.05, 0.1) is 12.9 Å². The van der Waals surface area contributed by atoms with Crippen molar-refractivity contribution in [3.05, 3.63) is 18.2 Å². The van der Waals surface area contributed by atoms with Gasteiger partial charge in [0, 0.05) is 18.3 Å². The zero-order chi connectivity index (χ0) is 12.5. The van der Waals surface area contributed by atoms with E-state index in [-0.39, 0.29) is 5.97 Å². The van der Waals surface area contributed by atoms with E-state index in [1.54, 1.807) is 12.5 Å². The van der Waals surface area contributed by atoms with E-state index in [9.17, 15) is 4.79 Å². The second-order valence-electron chi connectivity index (χ2n) is 4.12. The lowest BCUT2D eigenvalue weighted by molar-refractivity contribution is -0.145. The maximum Gasteiger partial charge on any atom is 0.323 e. The van der Waals surface area contributed by atoms with Crippen LogP contribution >= 0.6 is 0 Å². The molecule has 0 aliphatic carbocycles.